The van der Waals surface area contributed by atoms with Crippen LogP contribution in [0, 0.1) is 6.92 Å². The fourth-order valence-corrected chi connectivity index (χ4v) is 2.01. The highest BCUT2D eigenvalue weighted by Crippen LogP contribution is 2.22. The molecule has 2 aromatic rings. The molecule has 0 bridgehead atoms. The molecule has 0 amide bonds. The Morgan fingerprint density at radius 1 is 1.45 bits per heavy atom. The van der Waals surface area contributed by atoms with E-state index < -0.39 is 0 Å². The molecule has 1 heterocycles. The summed E-state index contributed by atoms with van der Waals surface area (Å²) in [6.07, 6.45) is 0. The highest BCUT2D eigenvalue weighted by atomic mass is 35.5. The summed E-state index contributed by atoms with van der Waals surface area (Å²) >= 11 is 5.83. The summed E-state index contributed by atoms with van der Waals surface area (Å²) in [4.78, 5) is 0. The monoisotopic (exact) mass is 294 g/mol. The Bertz CT molecular complexity index is 635. The van der Waals surface area contributed by atoms with Crippen molar-refractivity contribution < 1.29 is 9.94 Å². The Hall–Kier alpha value is -2.21. The number of rotatable bonds is 4. The van der Waals surface area contributed by atoms with E-state index in [4.69, 9.17) is 27.3 Å². The second-order valence-corrected chi connectivity index (χ2v) is 4.73. The first-order valence-electron chi connectivity index (χ1n) is 5.91. The zero-order valence-corrected chi connectivity index (χ0v) is 11.9. The van der Waals surface area contributed by atoms with Crippen LogP contribution in [0.3, 0.4) is 0 Å². The Balaban J connectivity index is 2.23. The Morgan fingerprint density at radius 2 is 2.10 bits per heavy atom. The van der Waals surface area contributed by atoms with Gasteiger partial charge in [-0.2, -0.15) is 5.10 Å². The van der Waals surface area contributed by atoms with Crippen LogP contribution in [0.1, 0.15) is 16.8 Å². The highest BCUT2D eigenvalue weighted by molar-refractivity contribution is 6.30. The maximum absolute atomic E-state index is 8.82. The number of hydrogen-bond acceptors (Lipinski definition) is 4. The van der Waals surface area contributed by atoms with Gasteiger partial charge in [0.2, 0.25) is 5.88 Å². The second-order valence-electron chi connectivity index (χ2n) is 4.29. The minimum Gasteiger partial charge on any atom is -0.472 e. The van der Waals surface area contributed by atoms with E-state index in [2.05, 4.69) is 10.3 Å². The zero-order valence-electron chi connectivity index (χ0n) is 11.2. The first-order valence-corrected chi connectivity index (χ1v) is 6.29. The minimum atomic E-state index is -0.0262. The van der Waals surface area contributed by atoms with Crippen LogP contribution in [0.5, 0.6) is 5.88 Å². The molecule has 0 saturated heterocycles. The molecule has 1 aromatic heterocycles. The van der Waals surface area contributed by atoms with Gasteiger partial charge < -0.3 is 15.7 Å². The molecule has 0 aliphatic heterocycles. The number of hydrogen-bond donors (Lipinski definition) is 2. The molecule has 0 aliphatic rings. The molecular weight excluding hydrogens is 280 g/mol. The van der Waals surface area contributed by atoms with Crippen molar-refractivity contribution in [3.05, 3.63) is 46.1 Å². The molecule has 0 spiro atoms. The van der Waals surface area contributed by atoms with Gasteiger partial charge in [-0.1, -0.05) is 28.9 Å². The van der Waals surface area contributed by atoms with E-state index in [9.17, 15) is 0 Å². The molecule has 0 fully saturated rings. The van der Waals surface area contributed by atoms with Crippen LogP contribution in [0.4, 0.5) is 0 Å². The maximum Gasteiger partial charge on any atom is 0.223 e. The molecule has 0 atom stereocenters. The SMILES string of the molecule is Cc1nn(C)c(OCc2ccc(Cl)cc2)c1C(N)=NO. The van der Waals surface area contributed by atoms with Gasteiger partial charge in [0, 0.05) is 12.1 Å². The van der Waals surface area contributed by atoms with E-state index in [-0.39, 0.29) is 5.84 Å². The molecule has 1 aromatic carbocycles. The molecule has 106 valence electrons. The summed E-state index contributed by atoms with van der Waals surface area (Å²) in [7, 11) is 1.73. The van der Waals surface area contributed by atoms with Crippen LogP contribution in [0.15, 0.2) is 29.4 Å². The summed E-state index contributed by atoms with van der Waals surface area (Å²) in [5.74, 6) is 0.425. The van der Waals surface area contributed by atoms with Crippen molar-refractivity contribution >= 4 is 17.4 Å². The number of aromatic nitrogens is 2. The molecule has 7 heteroatoms. The van der Waals surface area contributed by atoms with E-state index in [1.165, 1.54) is 0 Å². The van der Waals surface area contributed by atoms with Gasteiger partial charge in [0.15, 0.2) is 5.84 Å². The molecule has 0 saturated carbocycles. The minimum absolute atomic E-state index is 0.0262. The Kier molecular flexibility index (Phi) is 4.14. The standard InChI is InChI=1S/C13H15ClN4O2/c1-8-11(12(15)17-19)13(18(2)16-8)20-7-9-3-5-10(14)6-4-9/h3-6,19H,7H2,1-2H3,(H2,15,17). The lowest BCUT2D eigenvalue weighted by atomic mass is 10.2. The van der Waals surface area contributed by atoms with Crippen molar-refractivity contribution in [3.8, 4) is 5.88 Å². The summed E-state index contributed by atoms with van der Waals surface area (Å²) in [6, 6.07) is 7.32. The van der Waals surface area contributed by atoms with Crippen LogP contribution in [-0.4, -0.2) is 20.8 Å². The lowest BCUT2D eigenvalue weighted by Crippen LogP contribution is -2.15. The molecule has 20 heavy (non-hydrogen) atoms. The number of benzene rings is 1. The molecular formula is C13H15ClN4O2. The molecule has 6 nitrogen and oxygen atoms in total. The average Bonchev–Trinajstić information content (AvgIpc) is 2.71. The lowest BCUT2D eigenvalue weighted by molar-refractivity contribution is 0.277. The quantitative estimate of drug-likeness (QED) is 0.391. The third kappa shape index (κ3) is 2.85. The molecule has 3 N–H and O–H groups in total. The number of halogens is 1. The van der Waals surface area contributed by atoms with Crippen molar-refractivity contribution in [2.24, 2.45) is 17.9 Å². The average molecular weight is 295 g/mol. The fraction of sp³-hybridized carbons (Fsp3) is 0.231. The predicted octanol–water partition coefficient (Wildman–Crippen LogP) is 2.06. The lowest BCUT2D eigenvalue weighted by Gasteiger charge is -2.08. The van der Waals surface area contributed by atoms with E-state index in [1.54, 1.807) is 30.8 Å². The molecule has 2 rings (SSSR count). The summed E-state index contributed by atoms with van der Waals surface area (Å²) in [6.45, 7) is 2.10. The first kappa shape index (κ1) is 14.2. The number of amidine groups is 1. The van der Waals surface area contributed by atoms with Crippen molar-refractivity contribution in [2.75, 3.05) is 0 Å². The Labute approximate surface area is 121 Å². The van der Waals surface area contributed by atoms with Gasteiger partial charge in [0.25, 0.3) is 0 Å². The van der Waals surface area contributed by atoms with Crippen LogP contribution in [0.2, 0.25) is 5.02 Å². The number of nitrogens with two attached hydrogens (primary N) is 1. The number of ether oxygens (including phenoxy) is 1. The predicted molar refractivity (Wildman–Crippen MR) is 76.2 cm³/mol. The Morgan fingerprint density at radius 3 is 2.70 bits per heavy atom. The van der Waals surface area contributed by atoms with Crippen molar-refractivity contribution in [1.82, 2.24) is 9.78 Å². The van der Waals surface area contributed by atoms with Gasteiger partial charge in [-0.15, -0.1) is 0 Å². The number of nitrogens with zero attached hydrogens (tertiary/aromatic N) is 3. The van der Waals surface area contributed by atoms with Crippen molar-refractivity contribution in [1.29, 1.82) is 0 Å². The van der Waals surface area contributed by atoms with Gasteiger partial charge in [0.05, 0.1) is 5.69 Å². The summed E-state index contributed by atoms with van der Waals surface area (Å²) < 4.78 is 7.28. The zero-order chi connectivity index (χ0) is 14.7. The summed E-state index contributed by atoms with van der Waals surface area (Å²) in [5.41, 5.74) is 7.73. The number of aryl methyl sites for hydroxylation is 2. The molecule has 0 unspecified atom stereocenters. The van der Waals surface area contributed by atoms with Gasteiger partial charge in [-0.25, -0.2) is 4.68 Å². The maximum atomic E-state index is 8.82. The van der Waals surface area contributed by atoms with Crippen LogP contribution < -0.4 is 10.5 Å². The van der Waals surface area contributed by atoms with E-state index in [0.717, 1.165) is 5.56 Å². The van der Waals surface area contributed by atoms with E-state index >= 15 is 0 Å². The van der Waals surface area contributed by atoms with Crippen molar-refractivity contribution in [3.63, 3.8) is 0 Å². The van der Waals surface area contributed by atoms with Gasteiger partial charge in [0.1, 0.15) is 12.2 Å². The third-order valence-electron chi connectivity index (χ3n) is 2.82. The van der Waals surface area contributed by atoms with Crippen LogP contribution in [-0.2, 0) is 13.7 Å². The number of oxime groups is 1. The van der Waals surface area contributed by atoms with Crippen LogP contribution >= 0.6 is 11.6 Å². The highest BCUT2D eigenvalue weighted by Gasteiger charge is 2.18. The van der Waals surface area contributed by atoms with Gasteiger partial charge >= 0.3 is 0 Å². The van der Waals surface area contributed by atoms with E-state index in [1.807, 2.05) is 12.1 Å². The van der Waals surface area contributed by atoms with Crippen LogP contribution in [0.25, 0.3) is 0 Å². The van der Waals surface area contributed by atoms with Crippen molar-refractivity contribution in [2.45, 2.75) is 13.5 Å². The first-order chi connectivity index (χ1) is 9.52. The largest absolute Gasteiger partial charge is 0.472 e. The van der Waals surface area contributed by atoms with Gasteiger partial charge in [-0.3, -0.25) is 0 Å². The summed E-state index contributed by atoms with van der Waals surface area (Å²) in [5, 5.41) is 16.7. The fourth-order valence-electron chi connectivity index (χ4n) is 1.88. The second kappa shape index (κ2) is 5.83. The normalized spacial score (nSPS) is 11.7. The third-order valence-corrected chi connectivity index (χ3v) is 3.07. The van der Waals surface area contributed by atoms with E-state index in [0.29, 0.717) is 28.8 Å². The molecule has 0 aliphatic carbocycles. The van der Waals surface area contributed by atoms with Gasteiger partial charge in [-0.05, 0) is 24.6 Å². The topological polar surface area (TPSA) is 85.7 Å². The smallest absolute Gasteiger partial charge is 0.223 e. The molecule has 0 radical (unpaired) electrons.